The molecule has 1 aromatic heterocycles. The van der Waals surface area contributed by atoms with E-state index in [0.717, 1.165) is 18.4 Å². The van der Waals surface area contributed by atoms with Gasteiger partial charge in [-0.2, -0.15) is 0 Å². The van der Waals surface area contributed by atoms with Crippen LogP contribution in [0.1, 0.15) is 12.8 Å². The summed E-state index contributed by atoms with van der Waals surface area (Å²) in [6.45, 7) is 0. The minimum absolute atomic E-state index is 0. The molecule has 1 amide bonds. The summed E-state index contributed by atoms with van der Waals surface area (Å²) in [4.78, 5) is 18.9. The number of anilines is 1. The number of carbonyl (C=O) groups excluding carboxylic acids is 1. The molecule has 1 aliphatic carbocycles. The van der Waals surface area contributed by atoms with Crippen LogP contribution in [-0.4, -0.2) is 21.4 Å². The number of nitrogens with zero attached hydrogens (tertiary/aromatic N) is 1. The van der Waals surface area contributed by atoms with Gasteiger partial charge in [0.1, 0.15) is 5.52 Å². The van der Waals surface area contributed by atoms with Gasteiger partial charge in [0.15, 0.2) is 0 Å². The van der Waals surface area contributed by atoms with E-state index in [1.807, 2.05) is 12.1 Å². The molecular weight excluding hydrogens is 275 g/mol. The molecule has 96 valence electrons. The van der Waals surface area contributed by atoms with E-state index in [2.05, 4.69) is 15.3 Å². The van der Waals surface area contributed by atoms with Crippen molar-refractivity contribution >= 4 is 46.9 Å². The summed E-state index contributed by atoms with van der Waals surface area (Å²) < 4.78 is 0. The van der Waals surface area contributed by atoms with Crippen molar-refractivity contribution in [1.29, 1.82) is 0 Å². The molecule has 0 saturated heterocycles. The van der Waals surface area contributed by atoms with E-state index in [9.17, 15) is 4.79 Å². The van der Waals surface area contributed by atoms with Gasteiger partial charge in [-0.05, 0) is 25.0 Å². The van der Waals surface area contributed by atoms with Gasteiger partial charge in [-0.1, -0.05) is 17.7 Å². The van der Waals surface area contributed by atoms with Crippen LogP contribution in [0.15, 0.2) is 18.2 Å². The number of H-pyrrole nitrogens is 1. The minimum Gasteiger partial charge on any atom is -0.324 e. The molecule has 0 aliphatic heterocycles. The van der Waals surface area contributed by atoms with Crippen molar-refractivity contribution < 1.29 is 4.79 Å². The van der Waals surface area contributed by atoms with Gasteiger partial charge < -0.3 is 10.7 Å². The molecule has 0 spiro atoms. The first-order valence-electron chi connectivity index (χ1n) is 5.33. The zero-order valence-electron chi connectivity index (χ0n) is 9.37. The highest BCUT2D eigenvalue weighted by Crippen LogP contribution is 2.33. The number of halogens is 2. The number of imidazole rings is 1. The maximum atomic E-state index is 11.7. The number of amides is 1. The van der Waals surface area contributed by atoms with E-state index in [4.69, 9.17) is 17.3 Å². The largest absolute Gasteiger partial charge is 0.324 e. The molecule has 4 N–H and O–H groups in total. The quantitative estimate of drug-likeness (QED) is 0.790. The van der Waals surface area contributed by atoms with Crippen molar-refractivity contribution in [2.75, 3.05) is 5.32 Å². The highest BCUT2D eigenvalue weighted by Gasteiger charge is 2.46. The molecule has 7 heteroatoms. The first kappa shape index (κ1) is 13.1. The molecule has 0 unspecified atom stereocenters. The maximum Gasteiger partial charge on any atom is 0.246 e. The Balaban J connectivity index is 0.00000120. The third kappa shape index (κ3) is 2.16. The topological polar surface area (TPSA) is 83.8 Å². The smallest absolute Gasteiger partial charge is 0.246 e. The number of rotatable bonds is 2. The summed E-state index contributed by atoms with van der Waals surface area (Å²) in [5, 5.41) is 3.22. The number of para-hydroxylation sites is 1. The molecule has 1 aromatic carbocycles. The highest BCUT2D eigenvalue weighted by molar-refractivity contribution is 6.35. The van der Waals surface area contributed by atoms with Crippen molar-refractivity contribution in [1.82, 2.24) is 9.97 Å². The Hall–Kier alpha value is -1.30. The molecule has 1 aliphatic rings. The van der Waals surface area contributed by atoms with Gasteiger partial charge >= 0.3 is 0 Å². The van der Waals surface area contributed by atoms with Gasteiger partial charge in [0.25, 0.3) is 0 Å². The molecule has 0 atom stereocenters. The standard InChI is InChI=1S/C11H11ClN4O.ClH/c12-6-2-1-3-7-8(6)15-10(14-7)16-9(17)11(13)4-5-11;/h1-3H,4-5,13H2,(H2,14,15,16,17);1H. The fraction of sp³-hybridized carbons (Fsp3) is 0.273. The van der Waals surface area contributed by atoms with Crippen LogP contribution in [0.5, 0.6) is 0 Å². The van der Waals surface area contributed by atoms with Gasteiger partial charge in [0, 0.05) is 0 Å². The van der Waals surface area contributed by atoms with E-state index in [1.165, 1.54) is 0 Å². The van der Waals surface area contributed by atoms with Crippen molar-refractivity contribution in [3.63, 3.8) is 0 Å². The monoisotopic (exact) mass is 286 g/mol. The molecule has 5 nitrogen and oxygen atoms in total. The first-order valence-corrected chi connectivity index (χ1v) is 5.71. The van der Waals surface area contributed by atoms with Crippen molar-refractivity contribution in [2.45, 2.75) is 18.4 Å². The van der Waals surface area contributed by atoms with Crippen LogP contribution in [0.4, 0.5) is 5.95 Å². The maximum absolute atomic E-state index is 11.7. The van der Waals surface area contributed by atoms with Gasteiger partial charge in [-0.25, -0.2) is 4.98 Å². The molecule has 1 fully saturated rings. The summed E-state index contributed by atoms with van der Waals surface area (Å²) in [5.74, 6) is 0.183. The Kier molecular flexibility index (Phi) is 3.23. The lowest BCUT2D eigenvalue weighted by molar-refractivity contribution is -0.118. The van der Waals surface area contributed by atoms with Gasteiger partial charge in [-0.3, -0.25) is 10.1 Å². The lowest BCUT2D eigenvalue weighted by Crippen LogP contribution is -2.38. The fourth-order valence-electron chi connectivity index (χ4n) is 1.65. The molecule has 18 heavy (non-hydrogen) atoms. The molecule has 1 saturated carbocycles. The van der Waals surface area contributed by atoms with Crippen LogP contribution in [0.3, 0.4) is 0 Å². The Labute approximate surface area is 115 Å². The van der Waals surface area contributed by atoms with Gasteiger partial charge in [0.05, 0.1) is 16.1 Å². The van der Waals surface area contributed by atoms with E-state index in [1.54, 1.807) is 6.07 Å². The average Bonchev–Trinajstić information content (AvgIpc) is 2.90. The normalized spacial score (nSPS) is 16.1. The number of carbonyl (C=O) groups is 1. The van der Waals surface area contributed by atoms with Crippen LogP contribution >= 0.6 is 24.0 Å². The Bertz CT molecular complexity index is 606. The zero-order chi connectivity index (χ0) is 12.0. The Morgan fingerprint density at radius 2 is 2.22 bits per heavy atom. The third-order valence-electron chi connectivity index (χ3n) is 2.94. The second-order valence-corrected chi connectivity index (χ2v) is 4.74. The van der Waals surface area contributed by atoms with Gasteiger partial charge in [0.2, 0.25) is 11.9 Å². The number of aromatic amines is 1. The average molecular weight is 287 g/mol. The number of nitrogens with two attached hydrogens (primary N) is 1. The van der Waals surface area contributed by atoms with E-state index in [0.29, 0.717) is 16.5 Å². The van der Waals surface area contributed by atoms with Crippen LogP contribution < -0.4 is 11.1 Å². The number of fused-ring (bicyclic) bond motifs is 1. The zero-order valence-corrected chi connectivity index (χ0v) is 10.9. The number of hydrogen-bond acceptors (Lipinski definition) is 3. The molecule has 3 rings (SSSR count). The number of aromatic nitrogens is 2. The van der Waals surface area contributed by atoms with E-state index in [-0.39, 0.29) is 18.3 Å². The van der Waals surface area contributed by atoms with Crippen molar-refractivity contribution in [3.05, 3.63) is 23.2 Å². The SMILES string of the molecule is Cl.NC1(C(=O)Nc2nc3c(Cl)cccc3[nH]2)CC1. The number of benzene rings is 1. The minimum atomic E-state index is -0.706. The molecular formula is C11H12Cl2N4O. The van der Waals surface area contributed by atoms with Crippen LogP contribution in [-0.2, 0) is 4.79 Å². The molecule has 2 aromatic rings. The summed E-state index contributed by atoms with van der Waals surface area (Å²) in [6, 6.07) is 5.42. The lowest BCUT2D eigenvalue weighted by Gasteiger charge is -2.06. The first-order chi connectivity index (χ1) is 8.08. The molecule has 0 bridgehead atoms. The Morgan fingerprint density at radius 3 is 2.83 bits per heavy atom. The van der Waals surface area contributed by atoms with E-state index >= 15 is 0 Å². The van der Waals surface area contributed by atoms with Gasteiger partial charge in [-0.15, -0.1) is 12.4 Å². The summed E-state index contributed by atoms with van der Waals surface area (Å²) >= 11 is 5.99. The van der Waals surface area contributed by atoms with Crippen LogP contribution in [0.2, 0.25) is 5.02 Å². The molecule has 1 heterocycles. The predicted molar refractivity (Wildman–Crippen MR) is 73.1 cm³/mol. The summed E-state index contributed by atoms with van der Waals surface area (Å²) in [7, 11) is 0. The highest BCUT2D eigenvalue weighted by atomic mass is 35.5. The number of nitrogens with one attached hydrogen (secondary N) is 2. The van der Waals surface area contributed by atoms with Crippen LogP contribution in [0, 0.1) is 0 Å². The predicted octanol–water partition coefficient (Wildman–Crippen LogP) is 2.07. The lowest BCUT2D eigenvalue weighted by atomic mass is 10.3. The Morgan fingerprint density at radius 1 is 1.50 bits per heavy atom. The second kappa shape index (κ2) is 4.42. The molecule has 0 radical (unpaired) electrons. The summed E-state index contributed by atoms with van der Waals surface area (Å²) in [5.41, 5.74) is 6.51. The third-order valence-corrected chi connectivity index (χ3v) is 3.24. The van der Waals surface area contributed by atoms with Crippen molar-refractivity contribution in [2.24, 2.45) is 5.73 Å². The van der Waals surface area contributed by atoms with Crippen LogP contribution in [0.25, 0.3) is 11.0 Å². The summed E-state index contributed by atoms with van der Waals surface area (Å²) in [6.07, 6.45) is 1.44. The second-order valence-electron chi connectivity index (χ2n) is 4.33. The number of hydrogen-bond donors (Lipinski definition) is 3. The fourth-order valence-corrected chi connectivity index (χ4v) is 1.87. The van der Waals surface area contributed by atoms with E-state index < -0.39 is 5.54 Å². The van der Waals surface area contributed by atoms with Crippen molar-refractivity contribution in [3.8, 4) is 0 Å².